The molecule has 0 atom stereocenters. The van der Waals surface area contributed by atoms with E-state index in [-0.39, 0.29) is 0 Å². The molecule has 4 aromatic rings. The molecule has 0 aliphatic heterocycles. The highest BCUT2D eigenvalue weighted by Gasteiger charge is 2.16. The zero-order valence-corrected chi connectivity index (χ0v) is 19.2. The van der Waals surface area contributed by atoms with Gasteiger partial charge in [0.2, 0.25) is 17.6 Å². The van der Waals surface area contributed by atoms with Crippen LogP contribution >= 0.6 is 0 Å². The number of nitrogens with two attached hydrogens (primary N) is 1. The zero-order valence-electron chi connectivity index (χ0n) is 19.2. The van der Waals surface area contributed by atoms with Gasteiger partial charge in [0.25, 0.3) is 0 Å². The lowest BCUT2D eigenvalue weighted by atomic mass is 10.1. The fourth-order valence-electron chi connectivity index (χ4n) is 3.51. The molecule has 0 saturated carbocycles. The Morgan fingerprint density at radius 1 is 1.09 bits per heavy atom. The number of methoxy groups -OCH3 is 3. The number of fused-ring (bicyclic) bond motifs is 1. The van der Waals surface area contributed by atoms with Crippen LogP contribution in [-0.4, -0.2) is 46.8 Å². The molecule has 3 N–H and O–H groups in total. The monoisotopic (exact) mass is 460 g/mol. The first-order chi connectivity index (χ1) is 16.4. The molecule has 0 bridgehead atoms. The number of benzene rings is 2. The summed E-state index contributed by atoms with van der Waals surface area (Å²) in [5.74, 6) is 1.98. The molecule has 0 fully saturated rings. The minimum atomic E-state index is -0.511. The summed E-state index contributed by atoms with van der Waals surface area (Å²) in [5.41, 5.74) is 9.06. The van der Waals surface area contributed by atoms with Crippen molar-refractivity contribution in [2.45, 2.75) is 6.92 Å². The molecule has 0 unspecified atom stereocenters. The second kappa shape index (κ2) is 9.49. The largest absolute Gasteiger partial charge is 0.493 e. The Hall–Kier alpha value is -4.60. The van der Waals surface area contributed by atoms with Crippen molar-refractivity contribution in [2.75, 3.05) is 26.6 Å². The van der Waals surface area contributed by atoms with Crippen molar-refractivity contribution in [2.24, 2.45) is 5.73 Å². The minimum absolute atomic E-state index is 0.352. The predicted octanol–water partition coefficient (Wildman–Crippen LogP) is 3.37. The van der Waals surface area contributed by atoms with Gasteiger partial charge in [0.05, 0.1) is 33.2 Å². The van der Waals surface area contributed by atoms with Gasteiger partial charge in [-0.2, -0.15) is 0 Å². The number of nitrogens with one attached hydrogen (secondary N) is 1. The van der Waals surface area contributed by atoms with Gasteiger partial charge in [-0.3, -0.25) is 4.79 Å². The molecule has 0 saturated heterocycles. The Labute approximate surface area is 196 Å². The fourth-order valence-corrected chi connectivity index (χ4v) is 3.51. The molecule has 4 rings (SSSR count). The average Bonchev–Trinajstić information content (AvgIpc) is 3.17. The second-order valence-electron chi connectivity index (χ2n) is 7.30. The zero-order chi connectivity index (χ0) is 24.2. The number of ether oxygens (including phenoxy) is 3. The summed E-state index contributed by atoms with van der Waals surface area (Å²) >= 11 is 0. The van der Waals surface area contributed by atoms with Crippen molar-refractivity contribution in [3.8, 4) is 28.6 Å². The molecule has 0 radical (unpaired) electrons. The van der Waals surface area contributed by atoms with Crippen LogP contribution in [0.15, 0.2) is 48.7 Å². The third-order valence-corrected chi connectivity index (χ3v) is 5.08. The molecular formula is C24H24N6O4. The van der Waals surface area contributed by atoms with Crippen molar-refractivity contribution < 1.29 is 19.0 Å². The van der Waals surface area contributed by atoms with Gasteiger partial charge in [-0.1, -0.05) is 18.2 Å². The second-order valence-corrected chi connectivity index (χ2v) is 7.30. The number of amides is 1. The number of anilines is 2. The molecule has 0 aliphatic rings. The Morgan fingerprint density at radius 3 is 2.47 bits per heavy atom. The third kappa shape index (κ3) is 4.46. The summed E-state index contributed by atoms with van der Waals surface area (Å²) in [4.78, 5) is 20.2. The minimum Gasteiger partial charge on any atom is -0.493 e. The highest BCUT2D eigenvalue weighted by Crippen LogP contribution is 2.40. The normalized spacial score (nSPS) is 11.1. The Balaban J connectivity index is 1.74. The van der Waals surface area contributed by atoms with E-state index in [1.807, 2.05) is 31.2 Å². The molecule has 2 aromatic carbocycles. The quantitative estimate of drug-likeness (QED) is 0.383. The first-order valence-electron chi connectivity index (χ1n) is 10.3. The van der Waals surface area contributed by atoms with Crippen molar-refractivity contribution in [1.29, 1.82) is 0 Å². The Morgan fingerprint density at radius 2 is 1.82 bits per heavy atom. The lowest BCUT2D eigenvalue weighted by Gasteiger charge is -2.14. The predicted molar refractivity (Wildman–Crippen MR) is 129 cm³/mol. The molecule has 0 spiro atoms. The van der Waals surface area contributed by atoms with Crippen LogP contribution in [0.2, 0.25) is 0 Å². The van der Waals surface area contributed by atoms with Gasteiger partial charge in [-0.05, 0) is 24.6 Å². The number of imidazole rings is 1. The number of aromatic nitrogens is 4. The van der Waals surface area contributed by atoms with E-state index in [1.165, 1.54) is 6.08 Å². The van der Waals surface area contributed by atoms with Crippen molar-refractivity contribution in [3.05, 3.63) is 59.9 Å². The lowest BCUT2D eigenvalue weighted by Crippen LogP contribution is -2.05. The van der Waals surface area contributed by atoms with E-state index in [2.05, 4.69) is 20.4 Å². The summed E-state index contributed by atoms with van der Waals surface area (Å²) in [6.07, 6.45) is 4.67. The van der Waals surface area contributed by atoms with E-state index in [1.54, 1.807) is 50.3 Å². The Kier molecular flexibility index (Phi) is 6.30. The van der Waals surface area contributed by atoms with Gasteiger partial charge in [-0.15, -0.1) is 5.10 Å². The highest BCUT2D eigenvalue weighted by molar-refractivity contribution is 5.90. The van der Waals surface area contributed by atoms with Crippen molar-refractivity contribution in [3.63, 3.8) is 0 Å². The van der Waals surface area contributed by atoms with E-state index in [0.29, 0.717) is 34.7 Å². The van der Waals surface area contributed by atoms with Gasteiger partial charge >= 0.3 is 0 Å². The summed E-state index contributed by atoms with van der Waals surface area (Å²) < 4.78 is 17.9. The summed E-state index contributed by atoms with van der Waals surface area (Å²) in [6, 6.07) is 11.1. The molecule has 2 heterocycles. The molecule has 10 nitrogen and oxygen atoms in total. The maximum absolute atomic E-state index is 11.1. The maximum atomic E-state index is 11.1. The number of rotatable bonds is 8. The van der Waals surface area contributed by atoms with Crippen LogP contribution in [0.4, 0.5) is 11.6 Å². The SMILES string of the molecule is COc1cc(Nc2ncc3c(C)nc(-c4cccc(C=CC(N)=O)c4)n3n2)cc(OC)c1OC. The van der Waals surface area contributed by atoms with Crippen LogP contribution < -0.4 is 25.3 Å². The average molecular weight is 460 g/mol. The smallest absolute Gasteiger partial charge is 0.245 e. The van der Waals surface area contributed by atoms with E-state index in [4.69, 9.17) is 19.9 Å². The summed E-state index contributed by atoms with van der Waals surface area (Å²) in [7, 11) is 4.65. The van der Waals surface area contributed by atoms with Crippen molar-refractivity contribution in [1.82, 2.24) is 19.6 Å². The number of nitrogens with zero attached hydrogens (tertiary/aromatic N) is 4. The van der Waals surface area contributed by atoms with E-state index in [9.17, 15) is 4.79 Å². The number of aryl methyl sites for hydroxylation is 1. The first kappa shape index (κ1) is 22.6. The number of hydrogen-bond donors (Lipinski definition) is 2. The maximum Gasteiger partial charge on any atom is 0.245 e. The molecule has 10 heteroatoms. The van der Waals surface area contributed by atoms with Crippen LogP contribution in [0.25, 0.3) is 23.0 Å². The first-order valence-corrected chi connectivity index (χ1v) is 10.3. The number of primary amides is 1. The topological polar surface area (TPSA) is 126 Å². The van der Waals surface area contributed by atoms with Gasteiger partial charge in [0.15, 0.2) is 17.3 Å². The fraction of sp³-hybridized carbons (Fsp3) is 0.167. The van der Waals surface area contributed by atoms with Gasteiger partial charge in [0, 0.05) is 29.5 Å². The Bertz CT molecular complexity index is 1370. The molecule has 1 amide bonds. The highest BCUT2D eigenvalue weighted by atomic mass is 16.5. The van der Waals surface area contributed by atoms with Crippen LogP contribution in [-0.2, 0) is 4.79 Å². The van der Waals surface area contributed by atoms with Crippen LogP contribution in [0.5, 0.6) is 17.2 Å². The number of hydrogen-bond acceptors (Lipinski definition) is 8. The molecule has 0 aliphatic carbocycles. The molecular weight excluding hydrogens is 436 g/mol. The summed E-state index contributed by atoms with van der Waals surface area (Å²) in [6.45, 7) is 1.89. The third-order valence-electron chi connectivity index (χ3n) is 5.08. The number of carbonyl (C=O) groups excluding carboxylic acids is 1. The van der Waals surface area contributed by atoms with E-state index < -0.39 is 5.91 Å². The molecule has 2 aromatic heterocycles. The summed E-state index contributed by atoms with van der Waals surface area (Å²) in [5, 5.41) is 7.83. The van der Waals surface area contributed by atoms with Gasteiger partial charge in [-0.25, -0.2) is 14.5 Å². The standard InChI is InChI=1S/C24H24N6O4/c1-14-18-13-26-24(28-17-11-19(32-2)22(34-4)20(12-17)33-3)29-30(18)23(27-14)16-7-5-6-15(10-16)8-9-21(25)31/h5-13H,1-4H3,(H2,25,31)(H,28,29). The molecule has 174 valence electrons. The van der Waals surface area contributed by atoms with Crippen molar-refractivity contribution >= 4 is 29.1 Å². The van der Waals surface area contributed by atoms with Crippen LogP contribution in [0.1, 0.15) is 11.3 Å². The van der Waals surface area contributed by atoms with Gasteiger partial charge < -0.3 is 25.3 Å². The van der Waals surface area contributed by atoms with E-state index >= 15 is 0 Å². The van der Waals surface area contributed by atoms with Crippen LogP contribution in [0, 0.1) is 6.92 Å². The number of carbonyl (C=O) groups is 1. The molecule has 34 heavy (non-hydrogen) atoms. The van der Waals surface area contributed by atoms with Gasteiger partial charge in [0.1, 0.15) is 5.52 Å². The van der Waals surface area contributed by atoms with E-state index in [0.717, 1.165) is 22.3 Å². The lowest BCUT2D eigenvalue weighted by molar-refractivity contribution is -0.113. The van der Waals surface area contributed by atoms with Crippen LogP contribution in [0.3, 0.4) is 0 Å².